The van der Waals surface area contributed by atoms with E-state index in [9.17, 15) is 4.39 Å². The zero-order valence-corrected chi connectivity index (χ0v) is 6.23. The molecule has 0 aliphatic carbocycles. The first-order chi connectivity index (χ1) is 5.25. The predicted octanol–water partition coefficient (Wildman–Crippen LogP) is 2.14. The van der Waals surface area contributed by atoms with Crippen LogP contribution in [0.5, 0.6) is 5.75 Å². The van der Waals surface area contributed by atoms with Gasteiger partial charge < -0.3 is 5.11 Å². The zero-order chi connectivity index (χ0) is 7.84. The second kappa shape index (κ2) is 2.17. The lowest BCUT2D eigenvalue weighted by atomic mass is 10.3. The maximum atomic E-state index is 12.5. The average Bonchev–Trinajstić information content (AvgIpc) is 2.27. The summed E-state index contributed by atoms with van der Waals surface area (Å²) in [6, 6.07) is 4.60. The maximum absolute atomic E-state index is 12.5. The summed E-state index contributed by atoms with van der Waals surface area (Å²) in [7, 11) is 0. The van der Waals surface area contributed by atoms with Gasteiger partial charge in [0, 0.05) is 6.07 Å². The molecule has 11 heavy (non-hydrogen) atoms. The first-order valence-electron chi connectivity index (χ1n) is 3.01. The van der Waals surface area contributed by atoms with Gasteiger partial charge in [0.25, 0.3) is 5.26 Å². The van der Waals surface area contributed by atoms with E-state index in [0.29, 0.717) is 5.52 Å². The maximum Gasteiger partial charge on any atom is 0.270 e. The number of fused-ring (bicyclic) bond motifs is 1. The number of phenols is 1. The summed E-state index contributed by atoms with van der Waals surface area (Å²) in [6.45, 7) is 0. The molecule has 0 unspecified atom stereocenters. The highest BCUT2D eigenvalue weighted by molar-refractivity contribution is 7.17. The van der Waals surface area contributed by atoms with E-state index in [1.165, 1.54) is 12.1 Å². The van der Waals surface area contributed by atoms with Crippen molar-refractivity contribution in [3.8, 4) is 5.75 Å². The van der Waals surface area contributed by atoms with Crippen LogP contribution in [0.4, 0.5) is 4.39 Å². The summed E-state index contributed by atoms with van der Waals surface area (Å²) in [5, 5.41) is 8.51. The molecule has 1 aromatic carbocycles. The van der Waals surface area contributed by atoms with Crippen molar-refractivity contribution in [1.29, 1.82) is 0 Å². The molecule has 1 heterocycles. The molecule has 0 bridgehead atoms. The van der Waals surface area contributed by atoms with Crippen molar-refractivity contribution in [1.82, 2.24) is 4.98 Å². The molecule has 0 aliphatic heterocycles. The van der Waals surface area contributed by atoms with Gasteiger partial charge in [-0.25, -0.2) is 4.98 Å². The van der Waals surface area contributed by atoms with E-state index < -0.39 is 5.26 Å². The molecule has 0 saturated carbocycles. The second-order valence-electron chi connectivity index (χ2n) is 2.12. The van der Waals surface area contributed by atoms with Gasteiger partial charge in [-0.3, -0.25) is 0 Å². The van der Waals surface area contributed by atoms with Crippen LogP contribution in [0.2, 0.25) is 0 Å². The van der Waals surface area contributed by atoms with Crippen molar-refractivity contribution >= 4 is 21.6 Å². The van der Waals surface area contributed by atoms with Crippen molar-refractivity contribution in [3.63, 3.8) is 0 Å². The molecule has 56 valence electrons. The van der Waals surface area contributed by atoms with Crippen LogP contribution in [0, 0.1) is 5.26 Å². The number of thiazole rings is 1. The van der Waals surface area contributed by atoms with Crippen molar-refractivity contribution in [2.24, 2.45) is 0 Å². The van der Waals surface area contributed by atoms with Crippen LogP contribution in [0.15, 0.2) is 18.2 Å². The topological polar surface area (TPSA) is 33.1 Å². The lowest BCUT2D eigenvalue weighted by molar-refractivity contribution is 0.476. The number of aromatic nitrogens is 1. The van der Waals surface area contributed by atoms with Gasteiger partial charge in [0.1, 0.15) is 5.75 Å². The Labute approximate surface area is 65.9 Å². The lowest BCUT2D eigenvalue weighted by Gasteiger charge is -1.87. The summed E-state index contributed by atoms with van der Waals surface area (Å²) >= 11 is 0.972. The molecule has 1 aromatic heterocycles. The van der Waals surface area contributed by atoms with Crippen molar-refractivity contribution in [2.45, 2.75) is 0 Å². The number of benzene rings is 1. The second-order valence-corrected chi connectivity index (χ2v) is 3.10. The van der Waals surface area contributed by atoms with E-state index in [1.807, 2.05) is 0 Å². The summed E-state index contributed by atoms with van der Waals surface area (Å²) in [5.74, 6) is 0.114. The molecule has 0 spiro atoms. The Morgan fingerprint density at radius 3 is 3.09 bits per heavy atom. The quantitative estimate of drug-likeness (QED) is 0.655. The van der Waals surface area contributed by atoms with Crippen LogP contribution >= 0.6 is 11.3 Å². The van der Waals surface area contributed by atoms with E-state index in [4.69, 9.17) is 5.11 Å². The van der Waals surface area contributed by atoms with Crippen LogP contribution in [0.1, 0.15) is 0 Å². The highest BCUT2D eigenvalue weighted by Crippen LogP contribution is 2.23. The number of aromatic hydroxyl groups is 1. The molecule has 4 heteroatoms. The molecule has 0 radical (unpaired) electrons. The van der Waals surface area contributed by atoms with Gasteiger partial charge in [0.2, 0.25) is 0 Å². The largest absolute Gasteiger partial charge is 0.508 e. The average molecular weight is 169 g/mol. The monoisotopic (exact) mass is 169 g/mol. The third-order valence-electron chi connectivity index (χ3n) is 1.35. The molecular formula is C7H4FNOS. The Hall–Kier alpha value is -1.16. The molecule has 0 amide bonds. The molecule has 0 aliphatic rings. The molecule has 2 nitrogen and oxygen atoms in total. The third kappa shape index (κ3) is 1.05. The first-order valence-corrected chi connectivity index (χ1v) is 3.82. The number of phenolic OH excluding ortho intramolecular Hbond substituents is 1. The number of rotatable bonds is 0. The van der Waals surface area contributed by atoms with E-state index in [0.717, 1.165) is 16.0 Å². The third-order valence-corrected chi connectivity index (χ3v) is 2.17. The lowest BCUT2D eigenvalue weighted by Crippen LogP contribution is -1.68. The molecule has 0 saturated heterocycles. The molecular weight excluding hydrogens is 165 g/mol. The van der Waals surface area contributed by atoms with Crippen LogP contribution in [-0.2, 0) is 0 Å². The van der Waals surface area contributed by atoms with Gasteiger partial charge in [0.05, 0.1) is 10.2 Å². The SMILES string of the molecule is Oc1ccc2sc(F)nc2c1. The molecule has 0 atom stereocenters. The van der Waals surface area contributed by atoms with Crippen LogP contribution in [0.25, 0.3) is 10.2 Å². The number of hydrogen-bond acceptors (Lipinski definition) is 3. The number of hydrogen-bond donors (Lipinski definition) is 1. The minimum atomic E-state index is -0.467. The van der Waals surface area contributed by atoms with Crippen LogP contribution < -0.4 is 0 Å². The van der Waals surface area contributed by atoms with Crippen LogP contribution in [-0.4, -0.2) is 10.1 Å². The van der Waals surface area contributed by atoms with E-state index in [2.05, 4.69) is 4.98 Å². The summed E-state index contributed by atoms with van der Waals surface area (Å²) in [5.41, 5.74) is 0.507. The minimum Gasteiger partial charge on any atom is -0.508 e. The Morgan fingerprint density at radius 2 is 2.27 bits per heavy atom. The number of nitrogens with zero attached hydrogens (tertiary/aromatic N) is 1. The Balaban J connectivity index is 2.82. The van der Waals surface area contributed by atoms with Gasteiger partial charge >= 0.3 is 0 Å². The normalized spacial score (nSPS) is 10.6. The molecule has 1 N–H and O–H groups in total. The zero-order valence-electron chi connectivity index (χ0n) is 5.41. The van der Waals surface area contributed by atoms with Gasteiger partial charge in [-0.1, -0.05) is 11.3 Å². The highest BCUT2D eigenvalue weighted by atomic mass is 32.1. The Bertz CT molecular complexity index is 398. The first kappa shape index (κ1) is 6.54. The van der Waals surface area contributed by atoms with Gasteiger partial charge in [-0.15, -0.1) is 0 Å². The van der Waals surface area contributed by atoms with Crippen molar-refractivity contribution in [3.05, 3.63) is 23.5 Å². The highest BCUT2D eigenvalue weighted by Gasteiger charge is 2.01. The van der Waals surface area contributed by atoms with E-state index in [1.54, 1.807) is 6.07 Å². The van der Waals surface area contributed by atoms with Crippen molar-refractivity contribution in [2.75, 3.05) is 0 Å². The Kier molecular flexibility index (Phi) is 1.29. The van der Waals surface area contributed by atoms with Gasteiger partial charge in [0.15, 0.2) is 0 Å². The molecule has 2 rings (SSSR count). The predicted molar refractivity (Wildman–Crippen MR) is 41.2 cm³/mol. The van der Waals surface area contributed by atoms with Crippen LogP contribution in [0.3, 0.4) is 0 Å². The number of halogens is 1. The van der Waals surface area contributed by atoms with Gasteiger partial charge in [-0.05, 0) is 12.1 Å². The standard InChI is InChI=1S/C7H4FNOS/c8-7-9-5-3-4(10)1-2-6(5)11-7/h1-3,10H. The molecule has 2 aromatic rings. The fourth-order valence-electron chi connectivity index (χ4n) is 0.888. The molecule has 0 fully saturated rings. The summed E-state index contributed by atoms with van der Waals surface area (Å²) < 4.78 is 13.2. The smallest absolute Gasteiger partial charge is 0.270 e. The summed E-state index contributed by atoms with van der Waals surface area (Å²) in [6.07, 6.45) is 0. The Morgan fingerprint density at radius 1 is 1.45 bits per heavy atom. The fourth-order valence-corrected chi connectivity index (χ4v) is 1.56. The van der Waals surface area contributed by atoms with Gasteiger partial charge in [-0.2, -0.15) is 4.39 Å². The fraction of sp³-hybridized carbons (Fsp3) is 0. The summed E-state index contributed by atoms with van der Waals surface area (Å²) in [4.78, 5) is 3.57. The van der Waals surface area contributed by atoms with Crippen molar-refractivity contribution < 1.29 is 9.50 Å². The van der Waals surface area contributed by atoms with E-state index >= 15 is 0 Å². The minimum absolute atomic E-state index is 0.114. The van der Waals surface area contributed by atoms with E-state index in [-0.39, 0.29) is 5.75 Å².